The molecule has 0 atom stereocenters. The molecule has 2 rings (SSSR count). The summed E-state index contributed by atoms with van der Waals surface area (Å²) in [6.07, 6.45) is 5.29. The van der Waals surface area contributed by atoms with Crippen LogP contribution in [0.5, 0.6) is 5.06 Å². The van der Waals surface area contributed by atoms with Crippen LogP contribution >= 0.6 is 11.3 Å². The molecule has 0 aliphatic carbocycles. The summed E-state index contributed by atoms with van der Waals surface area (Å²) in [4.78, 5) is 11.9. The molecule has 0 amide bonds. The standard InChI is InChI=1S/C16H21NO4S/c1-12-11-13(21-17-12)7-5-3-4-6-10-20-15-9-8-14(22-15)16(18)19-2/h8-9,11H,3-7,10H2,1-2H3. The second-order valence-corrected chi connectivity index (χ2v) is 6.10. The topological polar surface area (TPSA) is 61.6 Å². The van der Waals surface area contributed by atoms with Crippen LogP contribution in [0.2, 0.25) is 0 Å². The number of ether oxygens (including phenoxy) is 2. The smallest absolute Gasteiger partial charge is 0.348 e. The van der Waals surface area contributed by atoms with Crippen molar-refractivity contribution in [1.82, 2.24) is 5.16 Å². The largest absolute Gasteiger partial charge is 0.484 e. The molecule has 0 aliphatic rings. The molecule has 0 fully saturated rings. The molecule has 0 aliphatic heterocycles. The molecule has 2 heterocycles. The number of hydrogen-bond acceptors (Lipinski definition) is 6. The minimum atomic E-state index is -0.317. The molecule has 5 nitrogen and oxygen atoms in total. The maximum absolute atomic E-state index is 11.3. The first kappa shape index (κ1) is 16.5. The number of rotatable bonds is 9. The van der Waals surface area contributed by atoms with Gasteiger partial charge in [-0.25, -0.2) is 4.79 Å². The Morgan fingerprint density at radius 2 is 2.09 bits per heavy atom. The molecule has 6 heteroatoms. The zero-order chi connectivity index (χ0) is 15.8. The third kappa shape index (κ3) is 5.18. The molecule has 2 aromatic heterocycles. The third-order valence-electron chi connectivity index (χ3n) is 3.21. The highest BCUT2D eigenvalue weighted by atomic mass is 32.1. The molecule has 120 valence electrons. The number of nitrogens with zero attached hydrogens (tertiary/aromatic N) is 1. The molecule has 0 aromatic carbocycles. The number of aromatic nitrogens is 1. The highest BCUT2D eigenvalue weighted by Gasteiger charge is 2.09. The van der Waals surface area contributed by atoms with Crippen molar-refractivity contribution in [1.29, 1.82) is 0 Å². The average molecular weight is 323 g/mol. The molecular weight excluding hydrogens is 302 g/mol. The van der Waals surface area contributed by atoms with Crippen molar-refractivity contribution in [2.75, 3.05) is 13.7 Å². The molecule has 0 radical (unpaired) electrons. The Hall–Kier alpha value is -1.82. The number of thiophene rings is 1. The summed E-state index contributed by atoms with van der Waals surface area (Å²) in [7, 11) is 1.38. The lowest BCUT2D eigenvalue weighted by atomic mass is 10.1. The van der Waals surface area contributed by atoms with Crippen LogP contribution < -0.4 is 4.74 Å². The fraction of sp³-hybridized carbons (Fsp3) is 0.500. The van der Waals surface area contributed by atoms with E-state index in [1.807, 2.05) is 19.1 Å². The predicted octanol–water partition coefficient (Wildman–Crippen LogP) is 4.01. The van der Waals surface area contributed by atoms with E-state index in [0.717, 1.165) is 48.6 Å². The van der Waals surface area contributed by atoms with E-state index in [4.69, 9.17) is 9.26 Å². The van der Waals surface area contributed by atoms with Gasteiger partial charge in [0.25, 0.3) is 0 Å². The van der Waals surface area contributed by atoms with Gasteiger partial charge in [-0.2, -0.15) is 0 Å². The number of aryl methyl sites for hydroxylation is 2. The zero-order valence-electron chi connectivity index (χ0n) is 13.0. The van der Waals surface area contributed by atoms with Crippen LogP contribution in [0, 0.1) is 6.92 Å². The van der Waals surface area contributed by atoms with Crippen LogP contribution in [0.15, 0.2) is 22.7 Å². The van der Waals surface area contributed by atoms with Gasteiger partial charge in [0.05, 0.1) is 19.4 Å². The van der Waals surface area contributed by atoms with Gasteiger partial charge in [0.15, 0.2) is 5.06 Å². The molecule has 0 N–H and O–H groups in total. The number of carbonyl (C=O) groups excluding carboxylic acids is 1. The van der Waals surface area contributed by atoms with Gasteiger partial charge < -0.3 is 14.0 Å². The maximum Gasteiger partial charge on any atom is 0.348 e. The van der Waals surface area contributed by atoms with E-state index in [2.05, 4.69) is 9.89 Å². The van der Waals surface area contributed by atoms with E-state index in [-0.39, 0.29) is 5.97 Å². The Labute approximate surface area is 134 Å². The second-order valence-electron chi connectivity index (χ2n) is 5.06. The fourth-order valence-electron chi connectivity index (χ4n) is 2.07. The van der Waals surface area contributed by atoms with Gasteiger partial charge in [0.1, 0.15) is 10.6 Å². The monoisotopic (exact) mass is 323 g/mol. The van der Waals surface area contributed by atoms with E-state index in [1.165, 1.54) is 18.4 Å². The third-order valence-corrected chi connectivity index (χ3v) is 4.18. The SMILES string of the molecule is COC(=O)c1ccc(OCCCCCCc2cc(C)no2)s1. The van der Waals surface area contributed by atoms with Crippen molar-refractivity contribution in [2.45, 2.75) is 39.0 Å². The Morgan fingerprint density at radius 1 is 1.27 bits per heavy atom. The fourth-order valence-corrected chi connectivity index (χ4v) is 2.87. The summed E-state index contributed by atoms with van der Waals surface area (Å²) in [5, 5.41) is 4.63. The summed E-state index contributed by atoms with van der Waals surface area (Å²) in [6.45, 7) is 2.60. The molecule has 0 bridgehead atoms. The molecule has 0 saturated carbocycles. The molecule has 2 aromatic rings. The summed E-state index contributed by atoms with van der Waals surface area (Å²) >= 11 is 1.32. The predicted molar refractivity (Wildman–Crippen MR) is 84.6 cm³/mol. The van der Waals surface area contributed by atoms with E-state index in [1.54, 1.807) is 6.07 Å². The quantitative estimate of drug-likeness (QED) is 0.515. The number of methoxy groups -OCH3 is 1. The highest BCUT2D eigenvalue weighted by Crippen LogP contribution is 2.25. The Kier molecular flexibility index (Phi) is 6.45. The number of hydrogen-bond donors (Lipinski definition) is 0. The molecular formula is C16H21NO4S. The van der Waals surface area contributed by atoms with Gasteiger partial charge in [0, 0.05) is 12.5 Å². The lowest BCUT2D eigenvalue weighted by Crippen LogP contribution is -1.97. The summed E-state index contributed by atoms with van der Waals surface area (Å²) < 4.78 is 15.5. The first-order valence-electron chi connectivity index (χ1n) is 7.42. The zero-order valence-corrected chi connectivity index (χ0v) is 13.8. The van der Waals surface area contributed by atoms with Crippen LogP contribution in [0.1, 0.15) is 46.8 Å². The Bertz CT molecular complexity index is 590. The van der Waals surface area contributed by atoms with Gasteiger partial charge in [-0.15, -0.1) is 0 Å². The first-order valence-corrected chi connectivity index (χ1v) is 8.24. The Balaban J connectivity index is 1.54. The first-order chi connectivity index (χ1) is 10.7. The summed E-state index contributed by atoms with van der Waals surface area (Å²) in [5.74, 6) is 0.644. The van der Waals surface area contributed by atoms with Crippen molar-refractivity contribution < 1.29 is 18.8 Å². The number of esters is 1. The van der Waals surface area contributed by atoms with Gasteiger partial charge in [-0.05, 0) is 31.9 Å². The van der Waals surface area contributed by atoms with Crippen molar-refractivity contribution in [3.8, 4) is 5.06 Å². The summed E-state index contributed by atoms with van der Waals surface area (Å²) in [5.41, 5.74) is 0.936. The normalized spacial score (nSPS) is 10.6. The molecule has 22 heavy (non-hydrogen) atoms. The van der Waals surface area contributed by atoms with Crippen LogP contribution in [-0.2, 0) is 11.2 Å². The summed E-state index contributed by atoms with van der Waals surface area (Å²) in [6, 6.07) is 5.52. The Morgan fingerprint density at radius 3 is 2.82 bits per heavy atom. The number of unbranched alkanes of at least 4 members (excludes halogenated alkanes) is 3. The van der Waals surface area contributed by atoms with Gasteiger partial charge in [-0.3, -0.25) is 0 Å². The second kappa shape index (κ2) is 8.58. The van der Waals surface area contributed by atoms with Gasteiger partial charge in [0.2, 0.25) is 0 Å². The van der Waals surface area contributed by atoms with Gasteiger partial charge in [-0.1, -0.05) is 29.3 Å². The minimum Gasteiger partial charge on any atom is -0.484 e. The van der Waals surface area contributed by atoms with Crippen molar-refractivity contribution >= 4 is 17.3 Å². The molecule has 0 spiro atoms. The lowest BCUT2D eigenvalue weighted by molar-refractivity contribution is 0.0606. The van der Waals surface area contributed by atoms with Crippen molar-refractivity contribution in [3.05, 3.63) is 34.5 Å². The van der Waals surface area contributed by atoms with Crippen molar-refractivity contribution in [3.63, 3.8) is 0 Å². The highest BCUT2D eigenvalue weighted by molar-refractivity contribution is 7.15. The average Bonchev–Trinajstić information content (AvgIpc) is 3.14. The van der Waals surface area contributed by atoms with Crippen molar-refractivity contribution in [2.24, 2.45) is 0 Å². The molecule has 0 saturated heterocycles. The number of carbonyl (C=O) groups is 1. The van der Waals surface area contributed by atoms with Crippen LogP contribution in [0.3, 0.4) is 0 Å². The minimum absolute atomic E-state index is 0.317. The lowest BCUT2D eigenvalue weighted by Gasteiger charge is -2.03. The maximum atomic E-state index is 11.3. The van der Waals surface area contributed by atoms with E-state index < -0.39 is 0 Å². The van der Waals surface area contributed by atoms with Gasteiger partial charge >= 0.3 is 5.97 Å². The molecule has 0 unspecified atom stereocenters. The van der Waals surface area contributed by atoms with Crippen LogP contribution in [-0.4, -0.2) is 24.8 Å². The van der Waals surface area contributed by atoms with E-state index in [9.17, 15) is 4.79 Å². The van der Waals surface area contributed by atoms with E-state index in [0.29, 0.717) is 11.5 Å². The van der Waals surface area contributed by atoms with Crippen LogP contribution in [0.4, 0.5) is 0 Å². The van der Waals surface area contributed by atoms with E-state index >= 15 is 0 Å². The van der Waals surface area contributed by atoms with Crippen LogP contribution in [0.25, 0.3) is 0 Å².